The van der Waals surface area contributed by atoms with Crippen LogP contribution < -0.4 is 20.9 Å². The van der Waals surface area contributed by atoms with E-state index in [1.165, 1.54) is 29.2 Å². The normalized spacial score (nSPS) is 11.0. The number of benzene rings is 2. The Morgan fingerprint density at radius 3 is 2.32 bits per heavy atom. The second kappa shape index (κ2) is 11.2. The molecular formula is C21H24F4N4O2. The van der Waals surface area contributed by atoms with Crippen LogP contribution in [0.2, 0.25) is 0 Å². The topological polar surface area (TPSA) is 73.5 Å². The molecule has 10 heteroatoms. The van der Waals surface area contributed by atoms with Gasteiger partial charge in [-0.25, -0.2) is 14.0 Å². The van der Waals surface area contributed by atoms with Gasteiger partial charge in [-0.05, 0) is 48.9 Å². The fourth-order valence-electron chi connectivity index (χ4n) is 2.66. The first kappa shape index (κ1) is 24.0. The summed E-state index contributed by atoms with van der Waals surface area (Å²) in [5.74, 6) is -0.504. The minimum absolute atomic E-state index is 0.0115. The quantitative estimate of drug-likeness (QED) is 0.400. The van der Waals surface area contributed by atoms with Crippen molar-refractivity contribution in [2.75, 3.05) is 29.9 Å². The van der Waals surface area contributed by atoms with Crippen LogP contribution in [0.4, 0.5) is 38.5 Å². The van der Waals surface area contributed by atoms with Gasteiger partial charge in [-0.1, -0.05) is 19.4 Å². The van der Waals surface area contributed by atoms with Gasteiger partial charge in [-0.15, -0.1) is 0 Å². The highest BCUT2D eigenvalue weighted by atomic mass is 19.4. The minimum atomic E-state index is -4.55. The Morgan fingerprint density at radius 1 is 1.00 bits per heavy atom. The van der Waals surface area contributed by atoms with Gasteiger partial charge in [-0.3, -0.25) is 4.90 Å². The average molecular weight is 440 g/mol. The molecule has 6 nitrogen and oxygen atoms in total. The molecule has 168 valence electrons. The van der Waals surface area contributed by atoms with Crippen LogP contribution in [0.1, 0.15) is 25.3 Å². The molecule has 0 fully saturated rings. The van der Waals surface area contributed by atoms with Crippen molar-refractivity contribution in [2.45, 2.75) is 25.9 Å². The van der Waals surface area contributed by atoms with Crippen LogP contribution in [0.5, 0.6) is 0 Å². The molecule has 0 atom stereocenters. The smallest absolute Gasteiger partial charge is 0.338 e. The summed E-state index contributed by atoms with van der Waals surface area (Å²) in [6.07, 6.45) is -2.80. The molecule has 0 saturated heterocycles. The van der Waals surface area contributed by atoms with Crippen LogP contribution in [0.25, 0.3) is 0 Å². The van der Waals surface area contributed by atoms with Gasteiger partial charge in [0, 0.05) is 31.0 Å². The maximum Gasteiger partial charge on any atom is 0.416 e. The Labute approximate surface area is 177 Å². The van der Waals surface area contributed by atoms with Crippen LogP contribution >= 0.6 is 0 Å². The number of hydrogen-bond acceptors (Lipinski definition) is 2. The third-order valence-electron chi connectivity index (χ3n) is 4.26. The van der Waals surface area contributed by atoms with Crippen molar-refractivity contribution in [1.29, 1.82) is 0 Å². The molecule has 0 aromatic heterocycles. The third kappa shape index (κ3) is 7.80. The van der Waals surface area contributed by atoms with Crippen LogP contribution in [0.15, 0.2) is 48.5 Å². The minimum Gasteiger partial charge on any atom is -0.338 e. The summed E-state index contributed by atoms with van der Waals surface area (Å²) in [5, 5.41) is 7.69. The van der Waals surface area contributed by atoms with E-state index in [0.717, 1.165) is 37.1 Å². The lowest BCUT2D eigenvalue weighted by Gasteiger charge is -2.24. The molecule has 2 rings (SSSR count). The fraction of sp³-hybridized carbons (Fsp3) is 0.333. The summed E-state index contributed by atoms with van der Waals surface area (Å²) in [5.41, 5.74) is -0.625. The van der Waals surface area contributed by atoms with Crippen molar-refractivity contribution in [3.05, 3.63) is 59.9 Å². The van der Waals surface area contributed by atoms with Crippen LogP contribution in [0, 0.1) is 5.82 Å². The number of urea groups is 2. The number of amides is 4. The largest absolute Gasteiger partial charge is 0.416 e. The van der Waals surface area contributed by atoms with Crippen molar-refractivity contribution in [2.24, 2.45) is 0 Å². The highest BCUT2D eigenvalue weighted by Crippen LogP contribution is 2.30. The van der Waals surface area contributed by atoms with Crippen molar-refractivity contribution in [1.82, 2.24) is 10.6 Å². The number of unbranched alkanes of at least 4 members (excludes halogenated alkanes) is 1. The Bertz CT molecular complexity index is 872. The number of nitrogens with one attached hydrogen (secondary N) is 3. The molecule has 0 aliphatic rings. The number of anilines is 2. The summed E-state index contributed by atoms with van der Waals surface area (Å²) in [4.78, 5) is 25.7. The Hall–Kier alpha value is -3.30. The number of halogens is 4. The Kier molecular flexibility index (Phi) is 8.65. The molecule has 0 saturated carbocycles. The summed E-state index contributed by atoms with van der Waals surface area (Å²) < 4.78 is 52.0. The molecule has 0 heterocycles. The summed E-state index contributed by atoms with van der Waals surface area (Å²) in [6, 6.07) is 8.15. The van der Waals surface area contributed by atoms with E-state index in [2.05, 4.69) is 16.0 Å². The van der Waals surface area contributed by atoms with E-state index in [0.29, 0.717) is 12.2 Å². The predicted octanol–water partition coefficient (Wildman–Crippen LogP) is 4.98. The molecule has 0 aliphatic heterocycles. The number of nitrogens with zero attached hydrogens (tertiary/aromatic N) is 1. The standard InChI is InChI=1S/C21H24F4N4O2/c1-2-3-11-26-19(30)27-12-13-29(18-9-7-16(22)8-10-18)20(31)28-17-6-4-5-15(14-17)21(23,24)25/h4-10,14H,2-3,11-13H2,1H3,(H,28,31)(H2,26,27,30). The predicted molar refractivity (Wildman–Crippen MR) is 111 cm³/mol. The highest BCUT2D eigenvalue weighted by molar-refractivity contribution is 6.01. The summed E-state index contributed by atoms with van der Waals surface area (Å²) in [6.45, 7) is 2.59. The van der Waals surface area contributed by atoms with Crippen LogP contribution in [-0.2, 0) is 6.18 Å². The van der Waals surface area contributed by atoms with Gasteiger partial charge in [0.05, 0.1) is 5.56 Å². The lowest BCUT2D eigenvalue weighted by molar-refractivity contribution is -0.137. The molecule has 2 aromatic carbocycles. The molecule has 4 amide bonds. The number of carbonyl (C=O) groups excluding carboxylic acids is 2. The summed E-state index contributed by atoms with van der Waals surface area (Å²) >= 11 is 0. The van der Waals surface area contributed by atoms with Crippen molar-refractivity contribution >= 4 is 23.4 Å². The molecule has 2 aromatic rings. The zero-order valence-corrected chi connectivity index (χ0v) is 16.9. The molecule has 0 spiro atoms. The van der Waals surface area contributed by atoms with E-state index in [9.17, 15) is 27.2 Å². The van der Waals surface area contributed by atoms with Gasteiger partial charge in [0.15, 0.2) is 0 Å². The number of rotatable bonds is 8. The second-order valence-corrected chi connectivity index (χ2v) is 6.67. The lowest BCUT2D eigenvalue weighted by Crippen LogP contribution is -2.43. The zero-order chi connectivity index (χ0) is 22.9. The van der Waals surface area contributed by atoms with Crippen LogP contribution in [-0.4, -0.2) is 31.7 Å². The van der Waals surface area contributed by atoms with E-state index in [1.54, 1.807) is 0 Å². The average Bonchev–Trinajstić information content (AvgIpc) is 2.72. The number of hydrogen-bond donors (Lipinski definition) is 3. The maximum atomic E-state index is 13.3. The van der Waals surface area contributed by atoms with Crippen molar-refractivity contribution < 1.29 is 27.2 Å². The van der Waals surface area contributed by atoms with E-state index in [4.69, 9.17) is 0 Å². The number of carbonyl (C=O) groups is 2. The number of alkyl halides is 3. The summed E-state index contributed by atoms with van der Waals surface area (Å²) in [7, 11) is 0. The highest BCUT2D eigenvalue weighted by Gasteiger charge is 2.30. The first-order valence-corrected chi connectivity index (χ1v) is 9.73. The first-order valence-electron chi connectivity index (χ1n) is 9.73. The van der Waals surface area contributed by atoms with Crippen molar-refractivity contribution in [3.63, 3.8) is 0 Å². The van der Waals surface area contributed by atoms with E-state index < -0.39 is 29.6 Å². The maximum absolute atomic E-state index is 13.3. The zero-order valence-electron chi connectivity index (χ0n) is 16.9. The van der Waals surface area contributed by atoms with Gasteiger partial charge in [0.2, 0.25) is 0 Å². The molecule has 0 bridgehead atoms. The third-order valence-corrected chi connectivity index (χ3v) is 4.26. The van der Waals surface area contributed by atoms with E-state index in [-0.39, 0.29) is 18.8 Å². The van der Waals surface area contributed by atoms with Gasteiger partial charge >= 0.3 is 18.2 Å². The van der Waals surface area contributed by atoms with Gasteiger partial charge in [0.1, 0.15) is 5.82 Å². The monoisotopic (exact) mass is 440 g/mol. The second-order valence-electron chi connectivity index (χ2n) is 6.67. The molecular weight excluding hydrogens is 416 g/mol. The molecule has 0 aliphatic carbocycles. The lowest BCUT2D eigenvalue weighted by atomic mass is 10.2. The van der Waals surface area contributed by atoms with Crippen LogP contribution in [0.3, 0.4) is 0 Å². The molecule has 0 unspecified atom stereocenters. The molecule has 3 N–H and O–H groups in total. The van der Waals surface area contributed by atoms with E-state index >= 15 is 0 Å². The Balaban J connectivity index is 2.08. The van der Waals surface area contributed by atoms with Crippen molar-refractivity contribution in [3.8, 4) is 0 Å². The van der Waals surface area contributed by atoms with E-state index in [1.807, 2.05) is 6.92 Å². The first-order chi connectivity index (χ1) is 14.7. The van der Waals surface area contributed by atoms with Gasteiger partial charge in [0.25, 0.3) is 0 Å². The molecule has 0 radical (unpaired) electrons. The Morgan fingerprint density at radius 2 is 1.68 bits per heavy atom. The van der Waals surface area contributed by atoms with Gasteiger partial charge in [-0.2, -0.15) is 13.2 Å². The van der Waals surface area contributed by atoms with Gasteiger partial charge < -0.3 is 16.0 Å². The fourth-order valence-corrected chi connectivity index (χ4v) is 2.66. The molecule has 31 heavy (non-hydrogen) atoms. The SMILES string of the molecule is CCCCNC(=O)NCCN(C(=O)Nc1cccc(C(F)(F)F)c1)c1ccc(F)cc1.